The lowest BCUT2D eigenvalue weighted by Crippen LogP contribution is -2.68. The lowest BCUT2D eigenvalue weighted by molar-refractivity contribution is -0.155. The maximum atomic E-state index is 13.2. The number of hydrogen-bond donors (Lipinski definition) is 0. The van der Waals surface area contributed by atoms with E-state index >= 15 is 0 Å². The van der Waals surface area contributed by atoms with E-state index < -0.39 is 0 Å². The molecule has 1 aromatic carbocycles. The highest BCUT2D eigenvalue weighted by atomic mass is 19.1. The number of carbonyl (C=O) groups excluding carboxylic acids is 2. The molecule has 6 heteroatoms. The summed E-state index contributed by atoms with van der Waals surface area (Å²) in [5.74, 6) is -0.0786. The van der Waals surface area contributed by atoms with Gasteiger partial charge in [0.25, 0.3) is 5.91 Å². The Kier molecular flexibility index (Phi) is 4.97. The second-order valence-electron chi connectivity index (χ2n) is 7.12. The van der Waals surface area contributed by atoms with E-state index in [0.717, 1.165) is 32.2 Å². The molecule has 0 aliphatic carbocycles. The molecule has 1 aromatic rings. The topological polar surface area (TPSA) is 49.9 Å². The highest BCUT2D eigenvalue weighted by Gasteiger charge is 2.49. The third kappa shape index (κ3) is 3.48. The molecule has 2 aliphatic rings. The van der Waals surface area contributed by atoms with Crippen LogP contribution in [0.1, 0.15) is 39.5 Å². The molecular weight excluding hydrogens is 323 g/mol. The Balaban J connectivity index is 1.70. The van der Waals surface area contributed by atoms with Gasteiger partial charge in [-0.2, -0.15) is 0 Å². The molecule has 136 valence electrons. The molecule has 0 unspecified atom stereocenters. The van der Waals surface area contributed by atoms with Gasteiger partial charge < -0.3 is 14.5 Å². The van der Waals surface area contributed by atoms with Crippen molar-refractivity contribution in [3.8, 4) is 5.75 Å². The van der Waals surface area contributed by atoms with Gasteiger partial charge in [0.2, 0.25) is 5.91 Å². The van der Waals surface area contributed by atoms with Crippen LogP contribution < -0.4 is 4.74 Å². The summed E-state index contributed by atoms with van der Waals surface area (Å²) in [6.07, 6.45) is 3.56. The number of fused-ring (bicyclic) bond motifs is 1. The predicted octanol–water partition coefficient (Wildman–Crippen LogP) is 2.60. The third-order valence-corrected chi connectivity index (χ3v) is 5.51. The van der Waals surface area contributed by atoms with Crippen molar-refractivity contribution >= 4 is 11.8 Å². The minimum atomic E-state index is -0.389. The van der Waals surface area contributed by atoms with Crippen LogP contribution in [-0.2, 0) is 9.59 Å². The summed E-state index contributed by atoms with van der Waals surface area (Å²) >= 11 is 0. The minimum absolute atomic E-state index is 0.0162. The zero-order valence-electron chi connectivity index (χ0n) is 14.8. The van der Waals surface area contributed by atoms with Crippen LogP contribution >= 0.6 is 0 Å². The molecule has 0 spiro atoms. The van der Waals surface area contributed by atoms with Gasteiger partial charge in [-0.1, -0.05) is 6.07 Å². The SMILES string of the molecule is CC(=O)N1CCC[C@H]2N(C(=O)COc3cccc(F)c3)CCC[C@@]21C. The van der Waals surface area contributed by atoms with Crippen molar-refractivity contribution in [3.63, 3.8) is 0 Å². The van der Waals surface area contributed by atoms with Gasteiger partial charge in [-0.3, -0.25) is 9.59 Å². The van der Waals surface area contributed by atoms with Gasteiger partial charge in [-0.25, -0.2) is 4.39 Å². The number of hydrogen-bond acceptors (Lipinski definition) is 3. The molecule has 0 bridgehead atoms. The van der Waals surface area contributed by atoms with Crippen molar-refractivity contribution in [1.82, 2.24) is 9.80 Å². The van der Waals surface area contributed by atoms with E-state index in [1.165, 1.54) is 12.1 Å². The standard InChI is InChI=1S/C19H25FN2O3/c1-14(23)22-11-4-8-17-19(22,2)9-5-10-21(17)18(24)13-25-16-7-3-6-15(20)12-16/h3,6-7,12,17H,4-5,8-11,13H2,1-2H3/t17-,19+/m1/s1. The molecule has 2 heterocycles. The number of carbonyl (C=O) groups is 2. The number of halogens is 1. The Morgan fingerprint density at radius 2 is 2.12 bits per heavy atom. The Hall–Kier alpha value is -2.11. The van der Waals surface area contributed by atoms with Crippen molar-refractivity contribution in [2.45, 2.75) is 51.1 Å². The van der Waals surface area contributed by atoms with Crippen molar-refractivity contribution < 1.29 is 18.7 Å². The molecule has 2 fully saturated rings. The molecule has 0 N–H and O–H groups in total. The maximum Gasteiger partial charge on any atom is 0.260 e. The highest BCUT2D eigenvalue weighted by Crippen LogP contribution is 2.39. The minimum Gasteiger partial charge on any atom is -0.484 e. The summed E-state index contributed by atoms with van der Waals surface area (Å²) in [4.78, 5) is 28.6. The summed E-state index contributed by atoms with van der Waals surface area (Å²) < 4.78 is 18.7. The fraction of sp³-hybridized carbons (Fsp3) is 0.579. The fourth-order valence-electron chi connectivity index (χ4n) is 4.35. The first kappa shape index (κ1) is 17.7. The molecule has 0 saturated carbocycles. The van der Waals surface area contributed by atoms with Gasteiger partial charge in [-0.15, -0.1) is 0 Å². The van der Waals surface area contributed by atoms with E-state index in [4.69, 9.17) is 4.74 Å². The van der Waals surface area contributed by atoms with Gasteiger partial charge in [0, 0.05) is 26.1 Å². The van der Waals surface area contributed by atoms with Crippen molar-refractivity contribution in [1.29, 1.82) is 0 Å². The molecule has 2 aliphatic heterocycles. The van der Waals surface area contributed by atoms with Crippen LogP contribution in [-0.4, -0.2) is 52.9 Å². The Bertz CT molecular complexity index is 666. The van der Waals surface area contributed by atoms with Crippen LogP contribution in [0.4, 0.5) is 4.39 Å². The highest BCUT2D eigenvalue weighted by molar-refractivity contribution is 5.79. The summed E-state index contributed by atoms with van der Waals surface area (Å²) in [6, 6.07) is 5.81. The summed E-state index contributed by atoms with van der Waals surface area (Å²) in [5, 5.41) is 0. The number of ether oxygens (including phenoxy) is 1. The zero-order valence-corrected chi connectivity index (χ0v) is 14.8. The number of amides is 2. The third-order valence-electron chi connectivity index (χ3n) is 5.51. The van der Waals surface area contributed by atoms with E-state index in [1.54, 1.807) is 19.1 Å². The normalized spacial score (nSPS) is 26.1. The summed E-state index contributed by atoms with van der Waals surface area (Å²) in [7, 11) is 0. The largest absolute Gasteiger partial charge is 0.484 e. The van der Waals surface area contributed by atoms with Gasteiger partial charge in [-0.05, 0) is 44.7 Å². The van der Waals surface area contributed by atoms with E-state index in [9.17, 15) is 14.0 Å². The molecule has 5 nitrogen and oxygen atoms in total. The van der Waals surface area contributed by atoms with Crippen molar-refractivity contribution in [2.24, 2.45) is 0 Å². The van der Waals surface area contributed by atoms with E-state index in [1.807, 2.05) is 9.80 Å². The molecule has 0 aromatic heterocycles. The lowest BCUT2D eigenvalue weighted by atomic mass is 9.76. The molecule has 3 rings (SSSR count). The lowest BCUT2D eigenvalue weighted by Gasteiger charge is -2.56. The number of rotatable bonds is 3. The summed E-state index contributed by atoms with van der Waals surface area (Å²) in [5.41, 5.74) is -0.309. The average molecular weight is 348 g/mol. The zero-order chi connectivity index (χ0) is 18.0. The second kappa shape index (κ2) is 7.02. The Morgan fingerprint density at radius 3 is 2.84 bits per heavy atom. The van der Waals surface area contributed by atoms with Crippen LogP contribution in [0.15, 0.2) is 24.3 Å². The van der Waals surface area contributed by atoms with E-state index in [0.29, 0.717) is 12.3 Å². The summed E-state index contributed by atoms with van der Waals surface area (Å²) in [6.45, 7) is 5.00. The average Bonchev–Trinajstić information content (AvgIpc) is 2.58. The monoisotopic (exact) mass is 348 g/mol. The van der Waals surface area contributed by atoms with E-state index in [2.05, 4.69) is 6.92 Å². The van der Waals surface area contributed by atoms with Crippen LogP contribution in [0.3, 0.4) is 0 Å². The second-order valence-corrected chi connectivity index (χ2v) is 7.12. The predicted molar refractivity (Wildman–Crippen MR) is 91.7 cm³/mol. The number of piperidine rings is 2. The fourth-order valence-corrected chi connectivity index (χ4v) is 4.35. The first-order valence-electron chi connectivity index (χ1n) is 8.88. The van der Waals surface area contributed by atoms with Gasteiger partial charge in [0.1, 0.15) is 11.6 Å². The van der Waals surface area contributed by atoms with Gasteiger partial charge in [0.05, 0.1) is 11.6 Å². The first-order valence-corrected chi connectivity index (χ1v) is 8.88. The van der Waals surface area contributed by atoms with Gasteiger partial charge >= 0.3 is 0 Å². The number of benzene rings is 1. The molecule has 0 radical (unpaired) electrons. The Morgan fingerprint density at radius 1 is 1.32 bits per heavy atom. The quantitative estimate of drug-likeness (QED) is 0.844. The Labute approximate surface area is 147 Å². The molecule has 2 amide bonds. The smallest absolute Gasteiger partial charge is 0.260 e. The first-order chi connectivity index (χ1) is 11.9. The molecular formula is C19H25FN2O3. The van der Waals surface area contributed by atoms with Crippen LogP contribution in [0.5, 0.6) is 5.75 Å². The van der Waals surface area contributed by atoms with Gasteiger partial charge in [0.15, 0.2) is 6.61 Å². The number of nitrogens with zero attached hydrogens (tertiary/aromatic N) is 2. The molecule has 25 heavy (non-hydrogen) atoms. The van der Waals surface area contributed by atoms with Crippen molar-refractivity contribution in [3.05, 3.63) is 30.1 Å². The molecule has 2 saturated heterocycles. The number of likely N-dealkylation sites (tertiary alicyclic amines) is 2. The molecule has 2 atom stereocenters. The van der Waals surface area contributed by atoms with Crippen LogP contribution in [0.2, 0.25) is 0 Å². The van der Waals surface area contributed by atoms with Crippen molar-refractivity contribution in [2.75, 3.05) is 19.7 Å². The van der Waals surface area contributed by atoms with Crippen LogP contribution in [0.25, 0.3) is 0 Å². The van der Waals surface area contributed by atoms with E-state index in [-0.39, 0.29) is 35.8 Å². The van der Waals surface area contributed by atoms with Crippen LogP contribution in [0, 0.1) is 5.82 Å². The maximum absolute atomic E-state index is 13.2.